The highest BCUT2D eigenvalue weighted by atomic mass is 16.3. The number of aromatic nitrogens is 4. The smallest absolute Gasteiger partial charge is 0.163 e. The molecule has 0 radical (unpaired) electrons. The highest BCUT2D eigenvalue weighted by Crippen LogP contribution is 2.33. The maximum absolute atomic E-state index is 9.94. The minimum absolute atomic E-state index is 0.291. The highest BCUT2D eigenvalue weighted by molar-refractivity contribution is 5.86. The second kappa shape index (κ2) is 3.65. The molecule has 6 nitrogen and oxygen atoms in total. The molecule has 0 atom stereocenters. The van der Waals surface area contributed by atoms with E-state index < -0.39 is 5.60 Å². The van der Waals surface area contributed by atoms with Gasteiger partial charge in [-0.15, -0.1) is 0 Å². The molecule has 18 heavy (non-hydrogen) atoms. The molecule has 1 aliphatic rings. The molecule has 1 aliphatic heterocycles. The van der Waals surface area contributed by atoms with Gasteiger partial charge in [-0.2, -0.15) is 5.10 Å². The molecule has 6 heteroatoms. The largest absolute Gasteiger partial charge is 0.390 e. The SMILES string of the molecule is Cn1ncc2c(N3CC(C(C)(C)O)C3)ncnc21. The van der Waals surface area contributed by atoms with Gasteiger partial charge in [-0.3, -0.25) is 4.68 Å². The Labute approximate surface area is 105 Å². The summed E-state index contributed by atoms with van der Waals surface area (Å²) in [4.78, 5) is 10.7. The normalized spacial score (nSPS) is 17.2. The van der Waals surface area contributed by atoms with Gasteiger partial charge in [-0.05, 0) is 13.8 Å². The van der Waals surface area contributed by atoms with Crippen molar-refractivity contribution in [2.45, 2.75) is 19.4 Å². The highest BCUT2D eigenvalue weighted by Gasteiger charge is 2.38. The van der Waals surface area contributed by atoms with Gasteiger partial charge >= 0.3 is 0 Å². The number of rotatable bonds is 2. The molecule has 0 unspecified atom stereocenters. The topological polar surface area (TPSA) is 67.1 Å². The molecule has 1 N–H and O–H groups in total. The van der Waals surface area contributed by atoms with Crippen LogP contribution in [0.1, 0.15) is 13.8 Å². The fourth-order valence-corrected chi connectivity index (χ4v) is 2.30. The molecule has 96 valence electrons. The van der Waals surface area contributed by atoms with E-state index in [1.54, 1.807) is 17.2 Å². The van der Waals surface area contributed by atoms with Gasteiger partial charge in [0.05, 0.1) is 17.2 Å². The third-order valence-electron chi connectivity index (χ3n) is 3.69. The van der Waals surface area contributed by atoms with Gasteiger partial charge in [0.2, 0.25) is 0 Å². The third kappa shape index (κ3) is 1.64. The standard InChI is InChI=1S/C12H17N5O/c1-12(2,18)8-5-17(6-8)11-9-4-15-16(3)10(9)13-7-14-11/h4,7-8,18H,5-6H2,1-3H3. The van der Waals surface area contributed by atoms with Gasteiger partial charge < -0.3 is 10.0 Å². The molecule has 0 aliphatic carbocycles. The first kappa shape index (κ1) is 11.4. The van der Waals surface area contributed by atoms with Gasteiger partial charge in [-0.1, -0.05) is 0 Å². The molecular weight excluding hydrogens is 230 g/mol. The van der Waals surface area contributed by atoms with E-state index in [1.807, 2.05) is 20.9 Å². The van der Waals surface area contributed by atoms with Gasteiger partial charge in [-0.25, -0.2) is 9.97 Å². The molecule has 2 aromatic heterocycles. The lowest BCUT2D eigenvalue weighted by atomic mass is 9.84. The second-order valence-corrected chi connectivity index (χ2v) is 5.46. The van der Waals surface area contributed by atoms with Crippen LogP contribution in [0.25, 0.3) is 11.0 Å². The average molecular weight is 247 g/mol. The predicted molar refractivity (Wildman–Crippen MR) is 68.3 cm³/mol. The molecule has 0 spiro atoms. The zero-order chi connectivity index (χ0) is 12.9. The number of aryl methyl sites for hydroxylation is 1. The van der Waals surface area contributed by atoms with E-state index in [1.165, 1.54) is 0 Å². The second-order valence-electron chi connectivity index (χ2n) is 5.46. The van der Waals surface area contributed by atoms with Crippen LogP contribution < -0.4 is 4.90 Å². The van der Waals surface area contributed by atoms with Crippen LogP contribution in [0.5, 0.6) is 0 Å². The summed E-state index contributed by atoms with van der Waals surface area (Å²) in [7, 11) is 1.87. The summed E-state index contributed by atoms with van der Waals surface area (Å²) >= 11 is 0. The number of aliphatic hydroxyl groups is 1. The Balaban J connectivity index is 1.89. The summed E-state index contributed by atoms with van der Waals surface area (Å²) in [6, 6.07) is 0. The van der Waals surface area contributed by atoms with Crippen LogP contribution in [0.2, 0.25) is 0 Å². The third-order valence-corrected chi connectivity index (χ3v) is 3.69. The van der Waals surface area contributed by atoms with E-state index in [2.05, 4.69) is 20.0 Å². The fraction of sp³-hybridized carbons (Fsp3) is 0.583. The Morgan fingerprint density at radius 1 is 1.33 bits per heavy atom. The Hall–Kier alpha value is -1.69. The number of nitrogens with zero attached hydrogens (tertiary/aromatic N) is 5. The van der Waals surface area contributed by atoms with Crippen LogP contribution in [0.4, 0.5) is 5.82 Å². The number of hydrogen-bond acceptors (Lipinski definition) is 5. The van der Waals surface area contributed by atoms with Crippen molar-refractivity contribution in [2.24, 2.45) is 13.0 Å². The minimum atomic E-state index is -0.627. The molecule has 0 amide bonds. The molecule has 0 saturated carbocycles. The van der Waals surface area contributed by atoms with Crippen LogP contribution >= 0.6 is 0 Å². The summed E-state index contributed by atoms with van der Waals surface area (Å²) in [5, 5.41) is 15.1. The summed E-state index contributed by atoms with van der Waals surface area (Å²) in [6.07, 6.45) is 3.36. The maximum atomic E-state index is 9.94. The van der Waals surface area contributed by atoms with Crippen molar-refractivity contribution in [3.8, 4) is 0 Å². The molecule has 3 rings (SSSR count). The van der Waals surface area contributed by atoms with Crippen molar-refractivity contribution in [1.82, 2.24) is 19.7 Å². The van der Waals surface area contributed by atoms with Gasteiger partial charge in [0, 0.05) is 26.1 Å². The monoisotopic (exact) mass is 247 g/mol. The first-order valence-electron chi connectivity index (χ1n) is 6.07. The summed E-state index contributed by atoms with van der Waals surface area (Å²) < 4.78 is 1.74. The van der Waals surface area contributed by atoms with Crippen molar-refractivity contribution < 1.29 is 5.11 Å². The Morgan fingerprint density at radius 2 is 2.06 bits per heavy atom. The molecule has 0 bridgehead atoms. The molecule has 1 fully saturated rings. The summed E-state index contributed by atoms with van der Waals surface area (Å²) in [5.74, 6) is 1.20. The van der Waals surface area contributed by atoms with Crippen molar-refractivity contribution in [1.29, 1.82) is 0 Å². The van der Waals surface area contributed by atoms with Crippen LogP contribution in [0.3, 0.4) is 0 Å². The van der Waals surface area contributed by atoms with Crippen LogP contribution in [0.15, 0.2) is 12.5 Å². The van der Waals surface area contributed by atoms with E-state index in [4.69, 9.17) is 0 Å². The Kier molecular flexibility index (Phi) is 2.31. The molecule has 2 aromatic rings. The first-order valence-corrected chi connectivity index (χ1v) is 6.07. The number of hydrogen-bond donors (Lipinski definition) is 1. The lowest BCUT2D eigenvalue weighted by Crippen LogP contribution is -2.56. The minimum Gasteiger partial charge on any atom is -0.390 e. The van der Waals surface area contributed by atoms with Crippen molar-refractivity contribution in [2.75, 3.05) is 18.0 Å². The van der Waals surface area contributed by atoms with E-state index in [9.17, 15) is 5.11 Å². The molecular formula is C12H17N5O. The van der Waals surface area contributed by atoms with Gasteiger partial charge in [0.1, 0.15) is 12.1 Å². The Bertz CT molecular complexity index is 580. The number of anilines is 1. The van der Waals surface area contributed by atoms with E-state index in [0.29, 0.717) is 5.92 Å². The van der Waals surface area contributed by atoms with Crippen LogP contribution in [-0.2, 0) is 7.05 Å². The summed E-state index contributed by atoms with van der Waals surface area (Å²) in [6.45, 7) is 5.36. The molecule has 0 aromatic carbocycles. The predicted octanol–water partition coefficient (Wildman–Crippen LogP) is 0.570. The van der Waals surface area contributed by atoms with Crippen molar-refractivity contribution in [3.63, 3.8) is 0 Å². The van der Waals surface area contributed by atoms with E-state index in [0.717, 1.165) is 29.9 Å². The van der Waals surface area contributed by atoms with Gasteiger partial charge in [0.15, 0.2) is 5.65 Å². The first-order chi connectivity index (χ1) is 8.47. The number of fused-ring (bicyclic) bond motifs is 1. The maximum Gasteiger partial charge on any atom is 0.163 e. The fourth-order valence-electron chi connectivity index (χ4n) is 2.30. The van der Waals surface area contributed by atoms with Gasteiger partial charge in [0.25, 0.3) is 0 Å². The summed E-state index contributed by atoms with van der Waals surface area (Å²) in [5.41, 5.74) is 0.212. The van der Waals surface area contributed by atoms with Crippen LogP contribution in [0, 0.1) is 5.92 Å². The van der Waals surface area contributed by atoms with Crippen molar-refractivity contribution >= 4 is 16.9 Å². The van der Waals surface area contributed by atoms with E-state index >= 15 is 0 Å². The quantitative estimate of drug-likeness (QED) is 0.840. The zero-order valence-corrected chi connectivity index (χ0v) is 10.8. The van der Waals surface area contributed by atoms with Crippen molar-refractivity contribution in [3.05, 3.63) is 12.5 Å². The molecule has 3 heterocycles. The lowest BCUT2D eigenvalue weighted by Gasteiger charge is -2.45. The Morgan fingerprint density at radius 3 is 2.72 bits per heavy atom. The van der Waals surface area contributed by atoms with Crippen LogP contribution in [-0.4, -0.2) is 43.5 Å². The zero-order valence-electron chi connectivity index (χ0n) is 10.8. The van der Waals surface area contributed by atoms with E-state index in [-0.39, 0.29) is 0 Å². The average Bonchev–Trinajstić information content (AvgIpc) is 2.57. The molecule has 1 saturated heterocycles. The lowest BCUT2D eigenvalue weighted by molar-refractivity contribution is 0.00446.